The summed E-state index contributed by atoms with van der Waals surface area (Å²) in [6, 6.07) is 9.09. The van der Waals surface area contributed by atoms with Crippen molar-refractivity contribution in [3.8, 4) is 0 Å². The van der Waals surface area contributed by atoms with Crippen LogP contribution in [0.15, 0.2) is 30.3 Å². The molecule has 0 radical (unpaired) electrons. The minimum atomic E-state index is -5.46. The highest BCUT2D eigenvalue weighted by molar-refractivity contribution is 14.1. The van der Waals surface area contributed by atoms with E-state index in [9.17, 15) is 22.0 Å². The number of rotatable bonds is 5. The van der Waals surface area contributed by atoms with E-state index in [-0.39, 0.29) is 0 Å². The van der Waals surface area contributed by atoms with Gasteiger partial charge in [-0.2, -0.15) is 22.0 Å². The summed E-state index contributed by atoms with van der Waals surface area (Å²) in [7, 11) is 0. The minimum absolute atomic E-state index is 0.302. The fourth-order valence-corrected chi connectivity index (χ4v) is 2.33. The minimum Gasteiger partial charge on any atom is -0.196 e. The average Bonchev–Trinajstić information content (AvgIpc) is 2.26. The van der Waals surface area contributed by atoms with E-state index in [4.69, 9.17) is 0 Å². The van der Waals surface area contributed by atoms with Crippen molar-refractivity contribution in [1.29, 1.82) is 0 Å². The summed E-state index contributed by atoms with van der Waals surface area (Å²) < 4.78 is 60.9. The van der Waals surface area contributed by atoms with Gasteiger partial charge in [0.25, 0.3) is 0 Å². The zero-order valence-electron chi connectivity index (χ0n) is 9.35. The van der Waals surface area contributed by atoms with E-state index in [0.29, 0.717) is 12.8 Å². The molecule has 0 amide bonds. The van der Waals surface area contributed by atoms with Crippen LogP contribution in [0, 0.1) is 0 Å². The lowest BCUT2D eigenvalue weighted by atomic mass is 10.0. The lowest BCUT2D eigenvalue weighted by Gasteiger charge is -2.22. The van der Waals surface area contributed by atoms with Crippen molar-refractivity contribution >= 4 is 22.6 Å². The molecular formula is C12H12F5I. The fraction of sp³-hybridized carbons (Fsp3) is 0.500. The van der Waals surface area contributed by atoms with Crippen LogP contribution in [-0.4, -0.2) is 16.0 Å². The van der Waals surface area contributed by atoms with Crippen molar-refractivity contribution in [3.63, 3.8) is 0 Å². The average molecular weight is 378 g/mol. The van der Waals surface area contributed by atoms with Gasteiger partial charge in [-0.15, -0.1) is 0 Å². The molecule has 0 fully saturated rings. The molecule has 0 spiro atoms. The van der Waals surface area contributed by atoms with Crippen molar-refractivity contribution in [2.75, 3.05) is 0 Å². The van der Waals surface area contributed by atoms with Crippen LogP contribution in [0.4, 0.5) is 22.0 Å². The summed E-state index contributed by atoms with van der Waals surface area (Å²) in [5.41, 5.74) is 0.939. The van der Waals surface area contributed by atoms with E-state index < -0.39 is 22.4 Å². The van der Waals surface area contributed by atoms with Crippen molar-refractivity contribution in [1.82, 2.24) is 0 Å². The maximum atomic E-state index is 12.8. The van der Waals surface area contributed by atoms with Crippen molar-refractivity contribution in [3.05, 3.63) is 35.9 Å². The van der Waals surface area contributed by atoms with Gasteiger partial charge >= 0.3 is 12.1 Å². The Morgan fingerprint density at radius 1 is 1.00 bits per heavy atom. The number of alkyl halides is 6. The van der Waals surface area contributed by atoms with Crippen LogP contribution in [0.1, 0.15) is 18.4 Å². The van der Waals surface area contributed by atoms with Crippen molar-refractivity contribution < 1.29 is 22.0 Å². The Hall–Kier alpha value is -0.400. The molecule has 0 heterocycles. The van der Waals surface area contributed by atoms with Gasteiger partial charge < -0.3 is 0 Å². The molecule has 0 nitrogen and oxygen atoms in total. The standard InChI is InChI=1S/C12H12F5I/c13-11(14,12(15,16)17)8-10(18)7-6-9-4-2-1-3-5-9/h1-5,10H,6-8H2. The van der Waals surface area contributed by atoms with Gasteiger partial charge in [0.15, 0.2) is 0 Å². The predicted octanol–water partition coefficient (Wildman–Crippen LogP) is 5.01. The lowest BCUT2D eigenvalue weighted by Crippen LogP contribution is -2.38. The Bertz CT molecular complexity index is 360. The van der Waals surface area contributed by atoms with E-state index in [1.54, 1.807) is 22.6 Å². The van der Waals surface area contributed by atoms with Gasteiger partial charge in [-0.3, -0.25) is 0 Å². The zero-order valence-corrected chi connectivity index (χ0v) is 11.5. The quantitative estimate of drug-likeness (QED) is 0.384. The molecule has 102 valence electrons. The van der Waals surface area contributed by atoms with Gasteiger partial charge in [0.2, 0.25) is 0 Å². The SMILES string of the molecule is FC(F)(F)C(F)(F)CC(I)CCc1ccccc1. The Labute approximate surface area is 116 Å². The van der Waals surface area contributed by atoms with Crippen LogP contribution in [-0.2, 0) is 6.42 Å². The van der Waals surface area contributed by atoms with Gasteiger partial charge in [-0.05, 0) is 18.4 Å². The molecule has 0 bridgehead atoms. The number of benzene rings is 1. The summed E-state index contributed by atoms with van der Waals surface area (Å²) in [6.07, 6.45) is -5.81. The third-order valence-electron chi connectivity index (χ3n) is 2.48. The number of hydrogen-bond donors (Lipinski definition) is 0. The third kappa shape index (κ3) is 4.70. The van der Waals surface area contributed by atoms with Gasteiger partial charge in [-0.25, -0.2) is 0 Å². The molecule has 0 aliphatic rings. The maximum absolute atomic E-state index is 12.8. The normalized spacial score (nSPS) is 14.6. The number of hydrogen-bond acceptors (Lipinski definition) is 0. The van der Waals surface area contributed by atoms with E-state index in [1.165, 1.54) is 0 Å². The highest BCUT2D eigenvalue weighted by atomic mass is 127. The molecule has 0 saturated heterocycles. The maximum Gasteiger partial charge on any atom is 0.453 e. The molecule has 0 N–H and O–H groups in total. The molecule has 1 unspecified atom stereocenters. The number of aryl methyl sites for hydroxylation is 1. The van der Waals surface area contributed by atoms with E-state index >= 15 is 0 Å². The van der Waals surface area contributed by atoms with Crippen LogP contribution in [0.25, 0.3) is 0 Å². The second-order valence-corrected chi connectivity index (χ2v) is 5.79. The first-order valence-electron chi connectivity index (χ1n) is 5.35. The summed E-state index contributed by atoms with van der Waals surface area (Å²) in [4.78, 5) is 0. The van der Waals surface area contributed by atoms with E-state index in [1.807, 2.05) is 30.3 Å². The molecule has 1 atom stereocenters. The first kappa shape index (κ1) is 15.7. The summed E-state index contributed by atoms with van der Waals surface area (Å²) in [5, 5.41) is 0. The molecule has 6 heteroatoms. The second-order valence-electron chi connectivity index (χ2n) is 4.03. The molecule has 18 heavy (non-hydrogen) atoms. The Kier molecular flexibility index (Phi) is 5.36. The van der Waals surface area contributed by atoms with Crippen LogP contribution >= 0.6 is 22.6 Å². The van der Waals surface area contributed by atoms with E-state index in [0.717, 1.165) is 5.56 Å². The first-order chi connectivity index (χ1) is 8.22. The Morgan fingerprint density at radius 2 is 1.56 bits per heavy atom. The second kappa shape index (κ2) is 6.16. The fourth-order valence-electron chi connectivity index (χ4n) is 1.46. The molecule has 0 saturated carbocycles. The van der Waals surface area contributed by atoms with Gasteiger partial charge in [0.1, 0.15) is 0 Å². The molecule has 0 aliphatic carbocycles. The molecular weight excluding hydrogens is 366 g/mol. The summed E-state index contributed by atoms with van der Waals surface area (Å²) >= 11 is 1.65. The van der Waals surface area contributed by atoms with E-state index in [2.05, 4.69) is 0 Å². The zero-order chi connectivity index (χ0) is 13.8. The molecule has 1 aromatic carbocycles. The van der Waals surface area contributed by atoms with Crippen molar-refractivity contribution in [2.24, 2.45) is 0 Å². The van der Waals surface area contributed by atoms with Gasteiger partial charge in [0.05, 0.1) is 0 Å². The number of halogens is 6. The van der Waals surface area contributed by atoms with Gasteiger partial charge in [0, 0.05) is 10.3 Å². The summed E-state index contributed by atoms with van der Waals surface area (Å²) in [6.45, 7) is 0. The topological polar surface area (TPSA) is 0 Å². The first-order valence-corrected chi connectivity index (χ1v) is 6.59. The van der Waals surface area contributed by atoms with Crippen LogP contribution in [0.2, 0.25) is 0 Å². The van der Waals surface area contributed by atoms with Crippen LogP contribution in [0.5, 0.6) is 0 Å². The molecule has 1 rings (SSSR count). The molecule has 1 aromatic rings. The highest BCUT2D eigenvalue weighted by Gasteiger charge is 2.57. The lowest BCUT2D eigenvalue weighted by molar-refractivity contribution is -0.283. The third-order valence-corrected chi connectivity index (χ3v) is 3.54. The Morgan fingerprint density at radius 3 is 2.06 bits per heavy atom. The molecule has 0 aliphatic heterocycles. The monoisotopic (exact) mass is 378 g/mol. The van der Waals surface area contributed by atoms with Gasteiger partial charge in [-0.1, -0.05) is 52.9 Å². The highest BCUT2D eigenvalue weighted by Crippen LogP contribution is 2.40. The summed E-state index contributed by atoms with van der Waals surface area (Å²) in [5.74, 6) is -4.60. The van der Waals surface area contributed by atoms with Crippen molar-refractivity contribution in [2.45, 2.75) is 35.3 Å². The Balaban J connectivity index is 2.45. The largest absolute Gasteiger partial charge is 0.453 e. The van der Waals surface area contributed by atoms with Crippen LogP contribution in [0.3, 0.4) is 0 Å². The smallest absolute Gasteiger partial charge is 0.196 e. The predicted molar refractivity (Wildman–Crippen MR) is 68.2 cm³/mol. The van der Waals surface area contributed by atoms with Crippen LogP contribution < -0.4 is 0 Å². The molecule has 0 aromatic heterocycles.